The van der Waals surface area contributed by atoms with E-state index >= 15 is 0 Å². The van der Waals surface area contributed by atoms with Crippen molar-refractivity contribution in [1.29, 1.82) is 0 Å². The molecule has 2 rings (SSSR count). The maximum absolute atomic E-state index is 12.0. The van der Waals surface area contributed by atoms with E-state index in [1.54, 1.807) is 18.2 Å². The van der Waals surface area contributed by atoms with Gasteiger partial charge in [0.1, 0.15) is 10.7 Å². The minimum atomic E-state index is -3.80. The molecule has 122 valence electrons. The van der Waals surface area contributed by atoms with Gasteiger partial charge in [-0.15, -0.1) is 4.40 Å². The lowest BCUT2D eigenvalue weighted by molar-refractivity contribution is 0.556. The first-order chi connectivity index (χ1) is 10.2. The fourth-order valence-electron chi connectivity index (χ4n) is 1.97. The van der Waals surface area contributed by atoms with Gasteiger partial charge in [-0.25, -0.2) is 13.1 Å². The first-order valence-electron chi connectivity index (χ1n) is 6.91. The van der Waals surface area contributed by atoms with Gasteiger partial charge in [-0.05, 0) is 18.1 Å². The van der Waals surface area contributed by atoms with Gasteiger partial charge in [0.2, 0.25) is 10.0 Å². The van der Waals surface area contributed by atoms with E-state index in [1.807, 2.05) is 13.8 Å². The van der Waals surface area contributed by atoms with Crippen molar-refractivity contribution < 1.29 is 16.8 Å². The normalized spacial score (nSPS) is 18.0. The van der Waals surface area contributed by atoms with E-state index in [-0.39, 0.29) is 28.9 Å². The van der Waals surface area contributed by atoms with Gasteiger partial charge in [0.15, 0.2) is 0 Å². The highest BCUT2D eigenvalue weighted by Crippen LogP contribution is 2.26. The lowest BCUT2D eigenvalue weighted by atomic mass is 10.2. The maximum Gasteiger partial charge on any atom is 0.286 e. The van der Waals surface area contributed by atoms with Crippen LogP contribution in [0.5, 0.6) is 0 Å². The molecule has 0 bridgehead atoms. The van der Waals surface area contributed by atoms with Crippen molar-refractivity contribution in [2.45, 2.75) is 25.2 Å². The van der Waals surface area contributed by atoms with Crippen LogP contribution in [0.15, 0.2) is 33.6 Å². The molecule has 0 aromatic heterocycles. The van der Waals surface area contributed by atoms with Gasteiger partial charge in [0.05, 0.1) is 18.0 Å². The predicted octanol–water partition coefficient (Wildman–Crippen LogP) is 1.16. The van der Waals surface area contributed by atoms with Gasteiger partial charge in [-0.1, -0.05) is 32.4 Å². The average Bonchev–Trinajstić information content (AvgIpc) is 2.44. The molecule has 2 N–H and O–H groups in total. The molecular formula is C13H19N3O4S2. The zero-order chi connectivity index (χ0) is 16.4. The summed E-state index contributed by atoms with van der Waals surface area (Å²) in [5.74, 6) is 0.0924. The highest BCUT2D eigenvalue weighted by Gasteiger charge is 2.25. The zero-order valence-electron chi connectivity index (χ0n) is 12.4. The molecule has 1 aliphatic rings. The van der Waals surface area contributed by atoms with E-state index in [2.05, 4.69) is 14.4 Å². The van der Waals surface area contributed by atoms with Gasteiger partial charge < -0.3 is 5.32 Å². The Morgan fingerprint density at radius 1 is 1.32 bits per heavy atom. The number of anilines is 1. The number of hydrogen-bond acceptors (Lipinski definition) is 5. The van der Waals surface area contributed by atoms with Gasteiger partial charge in [-0.2, -0.15) is 8.42 Å². The molecule has 1 aromatic rings. The monoisotopic (exact) mass is 345 g/mol. The molecule has 1 heterocycles. The fraction of sp³-hybridized carbons (Fsp3) is 0.462. The Hall–Kier alpha value is -1.45. The second kappa shape index (κ2) is 6.35. The van der Waals surface area contributed by atoms with Crippen molar-refractivity contribution in [3.63, 3.8) is 0 Å². The second-order valence-corrected chi connectivity index (χ2v) is 8.67. The third-order valence-electron chi connectivity index (χ3n) is 3.33. The summed E-state index contributed by atoms with van der Waals surface area (Å²) in [6.07, 6.45) is 0.752. The highest BCUT2D eigenvalue weighted by atomic mass is 32.2. The standard InChI is InChI=1S/C13H19N3O4S2/c1-3-10(2)9-21(17,18)14-8-13-15-11-6-4-5-7-12(11)22(19,20)16-13/h4-7,10,14H,3,8-9H2,1-2H3,(H,15,16). The van der Waals surface area contributed by atoms with Crippen molar-refractivity contribution >= 4 is 31.6 Å². The second-order valence-electron chi connectivity index (χ2n) is 5.25. The molecule has 0 radical (unpaired) electrons. The van der Waals surface area contributed by atoms with Crippen LogP contribution in [-0.4, -0.2) is 35.0 Å². The van der Waals surface area contributed by atoms with Crippen LogP contribution in [0.2, 0.25) is 0 Å². The molecule has 0 amide bonds. The van der Waals surface area contributed by atoms with Gasteiger partial charge in [0, 0.05) is 0 Å². The summed E-state index contributed by atoms with van der Waals surface area (Å²) in [5, 5.41) is 2.84. The number of rotatable bonds is 6. The summed E-state index contributed by atoms with van der Waals surface area (Å²) in [5.41, 5.74) is 0.397. The zero-order valence-corrected chi connectivity index (χ0v) is 14.0. The Morgan fingerprint density at radius 3 is 2.68 bits per heavy atom. The van der Waals surface area contributed by atoms with E-state index in [9.17, 15) is 16.8 Å². The van der Waals surface area contributed by atoms with Crippen molar-refractivity contribution in [2.24, 2.45) is 10.3 Å². The third kappa shape index (κ3) is 4.05. The SMILES string of the molecule is CCC(C)CS(=O)(=O)NCC1=NS(=O)(=O)c2ccccc2N1. The molecule has 1 atom stereocenters. The van der Waals surface area contributed by atoms with E-state index in [4.69, 9.17) is 0 Å². The molecule has 1 aliphatic heterocycles. The molecule has 0 fully saturated rings. The summed E-state index contributed by atoms with van der Waals surface area (Å²) >= 11 is 0. The molecule has 0 aliphatic carbocycles. The average molecular weight is 345 g/mol. The van der Waals surface area contributed by atoms with Crippen molar-refractivity contribution in [3.05, 3.63) is 24.3 Å². The minimum absolute atomic E-state index is 0.000116. The lowest BCUT2D eigenvalue weighted by Crippen LogP contribution is -2.37. The fourth-order valence-corrected chi connectivity index (χ4v) is 4.58. The maximum atomic E-state index is 12.0. The Bertz CT molecular complexity index is 785. The van der Waals surface area contributed by atoms with Gasteiger partial charge >= 0.3 is 0 Å². The molecule has 0 spiro atoms. The van der Waals surface area contributed by atoms with Crippen molar-refractivity contribution in [2.75, 3.05) is 17.6 Å². The summed E-state index contributed by atoms with van der Waals surface area (Å²) in [6.45, 7) is 3.57. The number of fused-ring (bicyclic) bond motifs is 1. The first-order valence-corrected chi connectivity index (χ1v) is 10.00. The summed E-state index contributed by atoms with van der Waals surface area (Å²) in [6, 6.07) is 6.35. The number of para-hydroxylation sites is 1. The van der Waals surface area contributed by atoms with Crippen LogP contribution >= 0.6 is 0 Å². The molecule has 0 saturated carbocycles. The summed E-state index contributed by atoms with van der Waals surface area (Å²) in [7, 11) is -7.27. The van der Waals surface area contributed by atoms with Crippen molar-refractivity contribution in [1.82, 2.24) is 4.72 Å². The number of hydrogen-bond donors (Lipinski definition) is 2. The summed E-state index contributed by atoms with van der Waals surface area (Å²) in [4.78, 5) is 0.0845. The van der Waals surface area contributed by atoms with E-state index in [0.717, 1.165) is 6.42 Å². The Labute approximate surface area is 130 Å². The summed E-state index contributed by atoms with van der Waals surface area (Å²) < 4.78 is 53.9. The topological polar surface area (TPSA) is 105 Å². The van der Waals surface area contributed by atoms with Crippen molar-refractivity contribution in [3.8, 4) is 0 Å². The van der Waals surface area contributed by atoms with Crippen LogP contribution < -0.4 is 10.0 Å². The predicted molar refractivity (Wildman–Crippen MR) is 85.9 cm³/mol. The highest BCUT2D eigenvalue weighted by molar-refractivity contribution is 7.90. The van der Waals surface area contributed by atoms with Crippen LogP contribution in [0.25, 0.3) is 0 Å². The number of sulfonamides is 2. The molecule has 1 aromatic carbocycles. The quantitative estimate of drug-likeness (QED) is 0.805. The minimum Gasteiger partial charge on any atom is -0.341 e. The molecule has 22 heavy (non-hydrogen) atoms. The molecule has 0 saturated heterocycles. The molecule has 7 nitrogen and oxygen atoms in total. The van der Waals surface area contributed by atoms with Crippen LogP contribution in [0, 0.1) is 5.92 Å². The third-order valence-corrected chi connectivity index (χ3v) is 6.30. The largest absolute Gasteiger partial charge is 0.341 e. The van der Waals surface area contributed by atoms with Gasteiger partial charge in [0.25, 0.3) is 10.0 Å². The van der Waals surface area contributed by atoms with E-state index in [1.165, 1.54) is 6.07 Å². The molecular weight excluding hydrogens is 326 g/mol. The Balaban J connectivity index is 2.12. The first kappa shape index (κ1) is 16.9. The smallest absolute Gasteiger partial charge is 0.286 e. The van der Waals surface area contributed by atoms with Crippen LogP contribution in [0.3, 0.4) is 0 Å². The Morgan fingerprint density at radius 2 is 2.00 bits per heavy atom. The van der Waals surface area contributed by atoms with E-state index < -0.39 is 20.0 Å². The van der Waals surface area contributed by atoms with Gasteiger partial charge in [-0.3, -0.25) is 0 Å². The molecule has 1 unspecified atom stereocenters. The molecule has 9 heteroatoms. The lowest BCUT2D eigenvalue weighted by Gasteiger charge is -2.18. The Kier molecular flexibility index (Phi) is 4.88. The van der Waals surface area contributed by atoms with Crippen LogP contribution in [0.4, 0.5) is 5.69 Å². The van der Waals surface area contributed by atoms with E-state index in [0.29, 0.717) is 5.69 Å². The van der Waals surface area contributed by atoms with Crippen LogP contribution in [0.1, 0.15) is 20.3 Å². The number of nitrogens with zero attached hydrogens (tertiary/aromatic N) is 1. The number of nitrogens with one attached hydrogen (secondary N) is 2. The van der Waals surface area contributed by atoms with Crippen LogP contribution in [-0.2, 0) is 20.0 Å². The number of benzene rings is 1. The number of amidine groups is 1.